The van der Waals surface area contributed by atoms with Crippen LogP contribution in [0.5, 0.6) is 5.75 Å². The molecule has 2 aromatic rings. The fourth-order valence-corrected chi connectivity index (χ4v) is 4.02. The summed E-state index contributed by atoms with van der Waals surface area (Å²) in [5.41, 5.74) is 0.258. The van der Waals surface area contributed by atoms with Gasteiger partial charge in [0.2, 0.25) is 10.0 Å². The van der Waals surface area contributed by atoms with E-state index < -0.39 is 39.2 Å². The predicted octanol–water partition coefficient (Wildman–Crippen LogP) is 2.90. The molecule has 0 atom stereocenters. The lowest BCUT2D eigenvalue weighted by molar-refractivity contribution is -0.139. The van der Waals surface area contributed by atoms with Crippen LogP contribution < -0.4 is 15.4 Å². The van der Waals surface area contributed by atoms with E-state index in [1.165, 1.54) is 12.1 Å². The van der Waals surface area contributed by atoms with Crippen molar-refractivity contribution in [1.29, 1.82) is 0 Å². The number of carbonyl (C=O) groups excluding carboxylic acids is 2. The van der Waals surface area contributed by atoms with E-state index in [2.05, 4.69) is 31.3 Å². The molecule has 0 fully saturated rings. The predicted molar refractivity (Wildman–Crippen MR) is 107 cm³/mol. The average Bonchev–Trinajstić information content (AvgIpc) is 2.64. The third-order valence-electron chi connectivity index (χ3n) is 3.36. The largest absolute Gasteiger partial charge is 0.504 e. The Balaban J connectivity index is 2.25. The molecule has 2 amide bonds. The first-order chi connectivity index (χ1) is 13.2. The summed E-state index contributed by atoms with van der Waals surface area (Å²) < 4.78 is 31.7. The number of phenols is 1. The van der Waals surface area contributed by atoms with E-state index in [1.54, 1.807) is 24.3 Å². The molecule has 0 radical (unpaired) electrons. The first kappa shape index (κ1) is 22.0. The summed E-state index contributed by atoms with van der Waals surface area (Å²) in [5.74, 6) is -1.62. The minimum absolute atomic E-state index is 0.201. The summed E-state index contributed by atoms with van der Waals surface area (Å²) in [6, 6.07) is 8.51. The lowest BCUT2D eigenvalue weighted by atomic mass is 10.3. The van der Waals surface area contributed by atoms with Gasteiger partial charge in [0.1, 0.15) is 11.4 Å². The standard InChI is InChI=1S/C16H15BrClN3O6S/c1-27-13(22)8-19-28(25,26)15-10(18)6-7-12(14(15)23)21-16(24)20-11-5-3-2-4-9(11)17/h2-7,19,23H,8H2,1H3,(H2,20,21,24). The summed E-state index contributed by atoms with van der Waals surface area (Å²) in [5, 5.41) is 14.9. The molecule has 150 valence electrons. The molecule has 0 heterocycles. The number of hydrogen-bond acceptors (Lipinski definition) is 6. The highest BCUT2D eigenvalue weighted by Crippen LogP contribution is 2.36. The van der Waals surface area contributed by atoms with Gasteiger partial charge in [-0.05, 0) is 40.2 Å². The first-order valence-electron chi connectivity index (χ1n) is 7.56. The third-order valence-corrected chi connectivity index (χ3v) is 5.95. The van der Waals surface area contributed by atoms with Crippen LogP contribution in [-0.2, 0) is 19.6 Å². The summed E-state index contributed by atoms with van der Waals surface area (Å²) in [6.07, 6.45) is 0. The van der Waals surface area contributed by atoms with Gasteiger partial charge in [0.25, 0.3) is 0 Å². The molecule has 2 aromatic carbocycles. The molecule has 9 nitrogen and oxygen atoms in total. The normalized spacial score (nSPS) is 11.0. The van der Waals surface area contributed by atoms with Crippen LogP contribution in [0.2, 0.25) is 5.02 Å². The number of urea groups is 1. The number of ether oxygens (including phenoxy) is 1. The number of amides is 2. The molecule has 28 heavy (non-hydrogen) atoms. The van der Waals surface area contributed by atoms with E-state index in [9.17, 15) is 23.1 Å². The smallest absolute Gasteiger partial charge is 0.323 e. The summed E-state index contributed by atoms with van der Waals surface area (Å²) in [6.45, 7) is -0.658. The number of esters is 1. The van der Waals surface area contributed by atoms with Gasteiger partial charge >= 0.3 is 12.0 Å². The third kappa shape index (κ3) is 5.35. The van der Waals surface area contributed by atoms with Gasteiger partial charge < -0.3 is 20.5 Å². The number of nitrogens with one attached hydrogen (secondary N) is 3. The number of phenolic OH excluding ortho intramolecular Hbond substituents is 1. The molecule has 0 bridgehead atoms. The maximum atomic E-state index is 12.4. The van der Waals surface area contributed by atoms with Gasteiger partial charge in [0.15, 0.2) is 5.75 Å². The molecule has 12 heteroatoms. The number of para-hydroxylation sites is 1. The van der Waals surface area contributed by atoms with Gasteiger partial charge in [-0.1, -0.05) is 23.7 Å². The van der Waals surface area contributed by atoms with Crippen molar-refractivity contribution in [2.75, 3.05) is 24.3 Å². The van der Waals surface area contributed by atoms with Crippen molar-refractivity contribution in [1.82, 2.24) is 4.72 Å². The van der Waals surface area contributed by atoms with Crippen LogP contribution in [0, 0.1) is 0 Å². The highest BCUT2D eigenvalue weighted by atomic mass is 79.9. The second-order valence-electron chi connectivity index (χ2n) is 5.23. The molecule has 4 N–H and O–H groups in total. The highest BCUT2D eigenvalue weighted by molar-refractivity contribution is 9.10. The molecule has 2 rings (SSSR count). The number of halogens is 2. The molecule has 0 aliphatic rings. The Labute approximate surface area is 174 Å². The number of sulfonamides is 1. The van der Waals surface area contributed by atoms with E-state index in [0.29, 0.717) is 10.2 Å². The summed E-state index contributed by atoms with van der Waals surface area (Å²) >= 11 is 9.16. The number of carbonyl (C=O) groups is 2. The van der Waals surface area contributed by atoms with Crippen LogP contribution in [0.1, 0.15) is 0 Å². The van der Waals surface area contributed by atoms with E-state index in [1.807, 2.05) is 4.72 Å². The van der Waals surface area contributed by atoms with E-state index in [-0.39, 0.29) is 10.7 Å². The van der Waals surface area contributed by atoms with Crippen LogP contribution in [0.25, 0.3) is 0 Å². The number of hydrogen-bond donors (Lipinski definition) is 4. The molecule has 0 saturated carbocycles. The molecule has 0 saturated heterocycles. The Morgan fingerprint density at radius 3 is 2.43 bits per heavy atom. The lowest BCUT2D eigenvalue weighted by Crippen LogP contribution is -2.30. The van der Waals surface area contributed by atoms with Crippen molar-refractivity contribution in [2.24, 2.45) is 0 Å². The highest BCUT2D eigenvalue weighted by Gasteiger charge is 2.26. The zero-order valence-corrected chi connectivity index (χ0v) is 17.5. The molecular weight excluding hydrogens is 478 g/mol. The Morgan fingerprint density at radius 1 is 1.14 bits per heavy atom. The molecule has 0 aliphatic carbocycles. The molecular formula is C16H15BrClN3O6S. The van der Waals surface area contributed by atoms with Crippen LogP contribution in [0.3, 0.4) is 0 Å². The number of benzene rings is 2. The Bertz CT molecular complexity index is 1020. The van der Waals surface area contributed by atoms with Crippen molar-refractivity contribution in [3.8, 4) is 5.75 Å². The number of methoxy groups -OCH3 is 1. The second kappa shape index (κ2) is 9.24. The van der Waals surface area contributed by atoms with E-state index in [4.69, 9.17) is 11.6 Å². The minimum Gasteiger partial charge on any atom is -0.504 e. The van der Waals surface area contributed by atoms with Crippen LogP contribution in [0.4, 0.5) is 16.2 Å². The fraction of sp³-hybridized carbons (Fsp3) is 0.125. The number of aromatic hydroxyl groups is 1. The van der Waals surface area contributed by atoms with Crippen molar-refractivity contribution < 1.29 is 27.9 Å². The van der Waals surface area contributed by atoms with Crippen LogP contribution in [-0.4, -0.2) is 39.2 Å². The van der Waals surface area contributed by atoms with Gasteiger partial charge in [-0.2, -0.15) is 4.72 Å². The molecule has 0 aromatic heterocycles. The SMILES string of the molecule is COC(=O)CNS(=O)(=O)c1c(Cl)ccc(NC(=O)Nc2ccccc2Br)c1O. The number of anilines is 2. The quantitative estimate of drug-likeness (QED) is 0.362. The summed E-state index contributed by atoms with van der Waals surface area (Å²) in [7, 11) is -3.27. The van der Waals surface area contributed by atoms with Crippen molar-refractivity contribution >= 4 is 60.9 Å². The maximum absolute atomic E-state index is 12.4. The zero-order valence-electron chi connectivity index (χ0n) is 14.3. The molecule has 0 spiro atoms. The van der Waals surface area contributed by atoms with E-state index >= 15 is 0 Å². The second-order valence-corrected chi connectivity index (χ2v) is 8.20. The summed E-state index contributed by atoms with van der Waals surface area (Å²) in [4.78, 5) is 22.6. The lowest BCUT2D eigenvalue weighted by Gasteiger charge is -2.14. The van der Waals surface area contributed by atoms with Gasteiger partial charge in [0.05, 0.1) is 23.5 Å². The van der Waals surface area contributed by atoms with Crippen LogP contribution in [0.15, 0.2) is 45.8 Å². The topological polar surface area (TPSA) is 134 Å². The Morgan fingerprint density at radius 2 is 1.79 bits per heavy atom. The van der Waals surface area contributed by atoms with Crippen molar-refractivity contribution in [3.05, 3.63) is 45.9 Å². The Kier molecular flexibility index (Phi) is 7.24. The first-order valence-corrected chi connectivity index (χ1v) is 10.2. The number of rotatable bonds is 6. The van der Waals surface area contributed by atoms with Gasteiger partial charge in [-0.15, -0.1) is 0 Å². The molecule has 0 aliphatic heterocycles. The monoisotopic (exact) mass is 491 g/mol. The van der Waals surface area contributed by atoms with Gasteiger partial charge in [0, 0.05) is 4.47 Å². The minimum atomic E-state index is -4.36. The Hall–Kier alpha value is -2.34. The average molecular weight is 493 g/mol. The van der Waals surface area contributed by atoms with Crippen LogP contribution >= 0.6 is 27.5 Å². The zero-order chi connectivity index (χ0) is 20.9. The molecule has 0 unspecified atom stereocenters. The fourth-order valence-electron chi connectivity index (χ4n) is 2.04. The van der Waals surface area contributed by atoms with E-state index in [0.717, 1.165) is 7.11 Å². The van der Waals surface area contributed by atoms with Crippen molar-refractivity contribution in [3.63, 3.8) is 0 Å². The van der Waals surface area contributed by atoms with Crippen molar-refractivity contribution in [2.45, 2.75) is 4.90 Å². The van der Waals surface area contributed by atoms with Gasteiger partial charge in [-0.3, -0.25) is 4.79 Å². The maximum Gasteiger partial charge on any atom is 0.323 e. The van der Waals surface area contributed by atoms with Gasteiger partial charge in [-0.25, -0.2) is 13.2 Å².